The lowest BCUT2D eigenvalue weighted by Gasteiger charge is -2.32. The van der Waals surface area contributed by atoms with Gasteiger partial charge in [-0.2, -0.15) is 10.2 Å². The summed E-state index contributed by atoms with van der Waals surface area (Å²) in [5, 5.41) is 17.5. The smallest absolute Gasteiger partial charge is 0.338 e. The van der Waals surface area contributed by atoms with Gasteiger partial charge in [0.2, 0.25) is 0 Å². The summed E-state index contributed by atoms with van der Waals surface area (Å²) in [5.74, 6) is -1.01. The number of carbonyl (C=O) groups excluding carboxylic acids is 1. The molecule has 1 aliphatic rings. The van der Waals surface area contributed by atoms with Gasteiger partial charge in [0.05, 0.1) is 35.3 Å². The molecule has 28 heavy (non-hydrogen) atoms. The van der Waals surface area contributed by atoms with Gasteiger partial charge in [-0.05, 0) is 12.8 Å². The van der Waals surface area contributed by atoms with Crippen LogP contribution in [-0.2, 0) is 7.05 Å². The topological polar surface area (TPSA) is 93.2 Å². The molecule has 1 aromatic carbocycles. The number of piperidine rings is 1. The van der Waals surface area contributed by atoms with Crippen molar-refractivity contribution in [3.8, 4) is 11.3 Å². The van der Waals surface area contributed by atoms with E-state index < -0.39 is 5.97 Å². The van der Waals surface area contributed by atoms with E-state index in [4.69, 9.17) is 5.11 Å². The number of aromatic carboxylic acids is 1. The second kappa shape index (κ2) is 7.30. The van der Waals surface area contributed by atoms with Gasteiger partial charge in [0, 0.05) is 31.9 Å². The summed E-state index contributed by atoms with van der Waals surface area (Å²) in [6, 6.07) is 9.86. The number of hydrogen-bond donors (Lipinski definition) is 1. The molecule has 4 rings (SSSR count). The van der Waals surface area contributed by atoms with Gasteiger partial charge in [-0.1, -0.05) is 30.3 Å². The number of carbonyl (C=O) groups is 2. The number of carboxylic acids is 1. The number of aryl methyl sites for hydroxylation is 1. The van der Waals surface area contributed by atoms with Gasteiger partial charge in [0.1, 0.15) is 0 Å². The predicted octanol–water partition coefficient (Wildman–Crippen LogP) is 2.46. The van der Waals surface area contributed by atoms with Crippen LogP contribution in [0, 0.1) is 0 Å². The second-order valence-corrected chi connectivity index (χ2v) is 6.93. The highest BCUT2D eigenvalue weighted by Gasteiger charge is 2.28. The quantitative estimate of drug-likeness (QED) is 0.752. The second-order valence-electron chi connectivity index (χ2n) is 6.93. The summed E-state index contributed by atoms with van der Waals surface area (Å²) >= 11 is 0. The molecule has 1 saturated heterocycles. The SMILES string of the molecule is Cn1ncc(C(=O)N2CCC(n3cc(C(=O)O)cn3)CC2)c1-c1ccccc1. The van der Waals surface area contributed by atoms with E-state index in [0.717, 1.165) is 24.1 Å². The zero-order chi connectivity index (χ0) is 19.7. The molecule has 0 bridgehead atoms. The molecule has 0 radical (unpaired) electrons. The van der Waals surface area contributed by atoms with Crippen LogP contribution in [0.25, 0.3) is 11.3 Å². The van der Waals surface area contributed by atoms with E-state index in [-0.39, 0.29) is 17.5 Å². The molecule has 1 amide bonds. The zero-order valence-electron chi connectivity index (χ0n) is 15.5. The fraction of sp³-hybridized carbons (Fsp3) is 0.300. The molecule has 8 nitrogen and oxygen atoms in total. The summed E-state index contributed by atoms with van der Waals surface area (Å²) in [4.78, 5) is 26.0. The van der Waals surface area contributed by atoms with Gasteiger partial charge in [0.15, 0.2) is 0 Å². The lowest BCUT2D eigenvalue weighted by atomic mass is 10.0. The molecule has 0 saturated carbocycles. The molecule has 0 atom stereocenters. The Morgan fingerprint density at radius 2 is 1.79 bits per heavy atom. The molecule has 3 aromatic rings. The van der Waals surface area contributed by atoms with E-state index in [0.29, 0.717) is 18.7 Å². The van der Waals surface area contributed by atoms with Crippen LogP contribution in [0.3, 0.4) is 0 Å². The number of carboxylic acid groups (broad SMARTS) is 1. The minimum absolute atomic E-state index is 0.0305. The Labute approximate surface area is 162 Å². The van der Waals surface area contributed by atoms with E-state index in [1.54, 1.807) is 21.8 Å². The third-order valence-corrected chi connectivity index (χ3v) is 5.19. The maximum atomic E-state index is 13.1. The van der Waals surface area contributed by atoms with Crippen LogP contribution in [0.1, 0.15) is 39.6 Å². The fourth-order valence-electron chi connectivity index (χ4n) is 3.68. The molecule has 1 N–H and O–H groups in total. The number of aromatic nitrogens is 4. The van der Waals surface area contributed by atoms with Gasteiger partial charge in [-0.25, -0.2) is 4.79 Å². The Kier molecular flexibility index (Phi) is 4.68. The van der Waals surface area contributed by atoms with Crippen molar-refractivity contribution in [1.29, 1.82) is 0 Å². The first-order valence-corrected chi connectivity index (χ1v) is 9.18. The molecule has 1 aliphatic heterocycles. The van der Waals surface area contributed by atoms with Crippen molar-refractivity contribution in [2.24, 2.45) is 7.05 Å². The highest BCUT2D eigenvalue weighted by molar-refractivity contribution is 6.00. The van der Waals surface area contributed by atoms with Crippen molar-refractivity contribution in [2.45, 2.75) is 18.9 Å². The first-order valence-electron chi connectivity index (χ1n) is 9.18. The third-order valence-electron chi connectivity index (χ3n) is 5.19. The fourth-order valence-corrected chi connectivity index (χ4v) is 3.68. The Hall–Kier alpha value is -3.42. The van der Waals surface area contributed by atoms with Crippen molar-refractivity contribution in [3.05, 3.63) is 60.0 Å². The zero-order valence-corrected chi connectivity index (χ0v) is 15.5. The molecule has 8 heteroatoms. The highest BCUT2D eigenvalue weighted by atomic mass is 16.4. The molecule has 144 valence electrons. The summed E-state index contributed by atoms with van der Waals surface area (Å²) in [6.45, 7) is 1.18. The number of benzene rings is 1. The lowest BCUT2D eigenvalue weighted by molar-refractivity contribution is 0.0688. The number of nitrogens with zero attached hydrogens (tertiary/aromatic N) is 5. The summed E-state index contributed by atoms with van der Waals surface area (Å²) in [6.07, 6.45) is 6.00. The summed E-state index contributed by atoms with van der Waals surface area (Å²) in [5.41, 5.74) is 2.55. The van der Waals surface area contributed by atoms with Gasteiger partial charge in [-0.3, -0.25) is 14.2 Å². The number of hydrogen-bond acceptors (Lipinski definition) is 4. The normalized spacial score (nSPS) is 15.0. The van der Waals surface area contributed by atoms with Gasteiger partial charge in [0.25, 0.3) is 5.91 Å². The molecule has 0 unspecified atom stereocenters. The molecule has 0 aliphatic carbocycles. The molecular formula is C20H21N5O3. The largest absolute Gasteiger partial charge is 0.478 e. The first kappa shape index (κ1) is 18.0. The van der Waals surface area contributed by atoms with E-state index in [9.17, 15) is 9.59 Å². The van der Waals surface area contributed by atoms with E-state index in [1.165, 1.54) is 6.20 Å². The van der Waals surface area contributed by atoms with Crippen molar-refractivity contribution in [3.63, 3.8) is 0 Å². The van der Waals surface area contributed by atoms with Gasteiger partial charge < -0.3 is 10.0 Å². The molecule has 0 spiro atoms. The third kappa shape index (κ3) is 3.28. The van der Waals surface area contributed by atoms with Crippen molar-refractivity contribution in [2.75, 3.05) is 13.1 Å². The maximum absolute atomic E-state index is 13.1. The predicted molar refractivity (Wildman–Crippen MR) is 102 cm³/mol. The van der Waals surface area contributed by atoms with Crippen molar-refractivity contribution < 1.29 is 14.7 Å². The maximum Gasteiger partial charge on any atom is 0.338 e. The Balaban J connectivity index is 1.48. The molecular weight excluding hydrogens is 358 g/mol. The average molecular weight is 379 g/mol. The van der Waals surface area contributed by atoms with E-state index in [1.807, 2.05) is 42.3 Å². The van der Waals surface area contributed by atoms with Gasteiger partial charge in [-0.15, -0.1) is 0 Å². The Morgan fingerprint density at radius 3 is 2.43 bits per heavy atom. The van der Waals surface area contributed by atoms with Crippen molar-refractivity contribution >= 4 is 11.9 Å². The van der Waals surface area contributed by atoms with Crippen LogP contribution in [0.4, 0.5) is 0 Å². The van der Waals surface area contributed by atoms with E-state index in [2.05, 4.69) is 10.2 Å². The monoisotopic (exact) mass is 379 g/mol. The first-order chi connectivity index (χ1) is 13.5. The molecule has 2 aromatic heterocycles. The standard InChI is InChI=1S/C20H21N5O3/c1-23-18(14-5-3-2-4-6-14)17(12-21-23)19(26)24-9-7-16(8-10-24)25-13-15(11-22-25)20(27)28/h2-6,11-13,16H,7-10H2,1H3,(H,27,28). The minimum Gasteiger partial charge on any atom is -0.478 e. The van der Waals surface area contributed by atoms with Crippen LogP contribution in [0.5, 0.6) is 0 Å². The average Bonchev–Trinajstić information content (AvgIpc) is 3.35. The number of amides is 1. The Morgan fingerprint density at radius 1 is 1.07 bits per heavy atom. The van der Waals surface area contributed by atoms with Crippen LogP contribution in [0.2, 0.25) is 0 Å². The van der Waals surface area contributed by atoms with E-state index >= 15 is 0 Å². The van der Waals surface area contributed by atoms with Gasteiger partial charge >= 0.3 is 5.97 Å². The summed E-state index contributed by atoms with van der Waals surface area (Å²) < 4.78 is 3.43. The Bertz CT molecular complexity index is 1000. The molecule has 1 fully saturated rings. The van der Waals surface area contributed by atoms with Crippen LogP contribution in [0.15, 0.2) is 48.9 Å². The summed E-state index contributed by atoms with van der Waals surface area (Å²) in [7, 11) is 1.84. The van der Waals surface area contributed by atoms with Crippen LogP contribution in [-0.4, -0.2) is 54.5 Å². The highest BCUT2D eigenvalue weighted by Crippen LogP contribution is 2.27. The molecule has 3 heterocycles. The van der Waals surface area contributed by atoms with Crippen LogP contribution >= 0.6 is 0 Å². The number of likely N-dealkylation sites (tertiary alicyclic amines) is 1. The van der Waals surface area contributed by atoms with Crippen molar-refractivity contribution in [1.82, 2.24) is 24.5 Å². The minimum atomic E-state index is -0.983. The number of rotatable bonds is 4. The lowest BCUT2D eigenvalue weighted by Crippen LogP contribution is -2.39. The van der Waals surface area contributed by atoms with Crippen LogP contribution < -0.4 is 0 Å².